The fourth-order valence-corrected chi connectivity index (χ4v) is 1.78. The van der Waals surface area contributed by atoms with Crippen LogP contribution in [-0.2, 0) is 6.54 Å². The van der Waals surface area contributed by atoms with Crippen LogP contribution >= 0.6 is 15.9 Å². The number of hydrogen-bond acceptors (Lipinski definition) is 3. The molecule has 0 unspecified atom stereocenters. The normalized spacial score (nSPS) is 12.3. The van der Waals surface area contributed by atoms with Gasteiger partial charge in [-0.05, 0) is 35.8 Å². The second-order valence-electron chi connectivity index (χ2n) is 4.18. The first-order chi connectivity index (χ1) is 6.96. The molecule has 0 radical (unpaired) electrons. The summed E-state index contributed by atoms with van der Waals surface area (Å²) in [5, 5.41) is 14.9. The number of aromatic nitrogens is 3. The van der Waals surface area contributed by atoms with Gasteiger partial charge in [-0.1, -0.05) is 0 Å². The van der Waals surface area contributed by atoms with Crippen molar-refractivity contribution in [2.45, 2.75) is 26.0 Å². The van der Waals surface area contributed by atoms with Crippen molar-refractivity contribution in [2.75, 3.05) is 0 Å². The maximum atomic E-state index is 9.71. The van der Waals surface area contributed by atoms with Crippen LogP contribution in [0.5, 0.6) is 0 Å². The first kappa shape index (κ1) is 10.6. The molecule has 0 amide bonds. The summed E-state index contributed by atoms with van der Waals surface area (Å²) >= 11 is 3.35. The number of nitrogens with zero attached hydrogens (tertiary/aromatic N) is 3. The Morgan fingerprint density at radius 2 is 2.20 bits per heavy atom. The van der Waals surface area contributed by atoms with E-state index in [1.165, 1.54) is 0 Å². The lowest BCUT2D eigenvalue weighted by Gasteiger charge is -2.16. The fraction of sp³-hybridized carbons (Fsp3) is 0.400. The molecule has 4 nitrogen and oxygen atoms in total. The molecule has 2 aromatic heterocycles. The van der Waals surface area contributed by atoms with Crippen molar-refractivity contribution in [1.82, 2.24) is 14.8 Å². The molecule has 2 rings (SSSR count). The van der Waals surface area contributed by atoms with E-state index >= 15 is 0 Å². The van der Waals surface area contributed by atoms with Crippen molar-refractivity contribution < 1.29 is 5.11 Å². The Morgan fingerprint density at radius 1 is 1.47 bits per heavy atom. The maximum Gasteiger partial charge on any atom is 0.157 e. The molecule has 1 N–H and O–H groups in total. The van der Waals surface area contributed by atoms with Crippen LogP contribution < -0.4 is 0 Å². The third kappa shape index (κ3) is 2.35. The maximum absolute atomic E-state index is 9.71. The summed E-state index contributed by atoms with van der Waals surface area (Å²) in [5.74, 6) is 0. The van der Waals surface area contributed by atoms with E-state index in [2.05, 4.69) is 26.0 Å². The van der Waals surface area contributed by atoms with Crippen molar-refractivity contribution in [1.29, 1.82) is 0 Å². The Kier molecular flexibility index (Phi) is 2.52. The van der Waals surface area contributed by atoms with Crippen LogP contribution in [0.4, 0.5) is 0 Å². The highest BCUT2D eigenvalue weighted by Gasteiger charge is 2.16. The summed E-state index contributed by atoms with van der Waals surface area (Å²) in [6.45, 7) is 3.93. The van der Waals surface area contributed by atoms with Gasteiger partial charge in [-0.15, -0.1) is 0 Å². The molecule has 2 aromatic rings. The van der Waals surface area contributed by atoms with Gasteiger partial charge in [-0.25, -0.2) is 9.67 Å². The quantitative estimate of drug-likeness (QED) is 0.907. The second kappa shape index (κ2) is 3.57. The lowest BCUT2D eigenvalue weighted by Crippen LogP contribution is -2.26. The molecule has 0 fully saturated rings. The van der Waals surface area contributed by atoms with Gasteiger partial charge in [0.1, 0.15) is 0 Å². The number of hydrogen-bond donors (Lipinski definition) is 1. The highest BCUT2D eigenvalue weighted by atomic mass is 79.9. The molecular formula is C10H12BrN3O. The van der Waals surface area contributed by atoms with Gasteiger partial charge in [0.25, 0.3) is 0 Å². The molecule has 2 heterocycles. The van der Waals surface area contributed by atoms with Crippen LogP contribution in [0.1, 0.15) is 13.8 Å². The summed E-state index contributed by atoms with van der Waals surface area (Å²) in [6.07, 6.45) is 3.48. The third-order valence-electron chi connectivity index (χ3n) is 1.98. The highest BCUT2D eigenvalue weighted by Crippen LogP contribution is 2.18. The van der Waals surface area contributed by atoms with E-state index in [0.29, 0.717) is 6.54 Å². The van der Waals surface area contributed by atoms with Crippen LogP contribution in [0.3, 0.4) is 0 Å². The number of pyridine rings is 1. The van der Waals surface area contributed by atoms with Crippen LogP contribution in [0.15, 0.2) is 22.9 Å². The van der Waals surface area contributed by atoms with Gasteiger partial charge in [0.2, 0.25) is 0 Å². The fourth-order valence-electron chi connectivity index (χ4n) is 1.43. The molecule has 0 atom stereocenters. The minimum atomic E-state index is -0.784. The first-order valence-electron chi connectivity index (χ1n) is 4.65. The Hall–Kier alpha value is -0.940. The van der Waals surface area contributed by atoms with Crippen LogP contribution in [0.25, 0.3) is 11.0 Å². The smallest absolute Gasteiger partial charge is 0.157 e. The Bertz CT molecular complexity index is 487. The summed E-state index contributed by atoms with van der Waals surface area (Å²) in [5.41, 5.74) is 0.00794. The van der Waals surface area contributed by atoms with Crippen molar-refractivity contribution >= 4 is 27.0 Å². The van der Waals surface area contributed by atoms with Gasteiger partial charge < -0.3 is 5.11 Å². The predicted octanol–water partition coefficient (Wildman–Crippen LogP) is 1.96. The molecule has 5 heteroatoms. The van der Waals surface area contributed by atoms with E-state index in [4.69, 9.17) is 0 Å². The Balaban J connectivity index is 2.45. The van der Waals surface area contributed by atoms with E-state index in [-0.39, 0.29) is 0 Å². The SMILES string of the molecule is CC(C)(O)Cn1ncc2cc(Br)cnc21. The molecule has 0 aliphatic heterocycles. The van der Waals surface area contributed by atoms with Gasteiger partial charge in [-0.2, -0.15) is 5.10 Å². The average Bonchev–Trinajstić information content (AvgIpc) is 2.45. The van der Waals surface area contributed by atoms with Crippen molar-refractivity contribution in [3.8, 4) is 0 Å². The number of aliphatic hydroxyl groups is 1. The average molecular weight is 270 g/mol. The van der Waals surface area contributed by atoms with Crippen LogP contribution in [-0.4, -0.2) is 25.5 Å². The molecule has 0 aliphatic carbocycles. The standard InChI is InChI=1S/C10H12BrN3O/c1-10(2,15)6-14-9-7(4-13-14)3-8(11)5-12-9/h3-5,15H,6H2,1-2H3. The zero-order chi connectivity index (χ0) is 11.1. The molecule has 0 bridgehead atoms. The predicted molar refractivity (Wildman–Crippen MR) is 61.5 cm³/mol. The summed E-state index contributed by atoms with van der Waals surface area (Å²) in [4.78, 5) is 4.27. The molecule has 80 valence electrons. The third-order valence-corrected chi connectivity index (χ3v) is 2.41. The monoisotopic (exact) mass is 269 g/mol. The number of rotatable bonds is 2. The zero-order valence-electron chi connectivity index (χ0n) is 8.61. The first-order valence-corrected chi connectivity index (χ1v) is 5.44. The summed E-state index contributed by atoms with van der Waals surface area (Å²) < 4.78 is 2.64. The van der Waals surface area contributed by atoms with E-state index in [1.54, 1.807) is 30.9 Å². The number of fused-ring (bicyclic) bond motifs is 1. The molecule has 0 saturated carbocycles. The zero-order valence-corrected chi connectivity index (χ0v) is 10.2. The summed E-state index contributed by atoms with van der Waals surface area (Å²) in [6, 6.07) is 1.95. The Labute approximate surface area is 96.1 Å². The van der Waals surface area contributed by atoms with Crippen molar-refractivity contribution in [2.24, 2.45) is 0 Å². The summed E-state index contributed by atoms with van der Waals surface area (Å²) in [7, 11) is 0. The molecule has 0 saturated heterocycles. The van der Waals surface area contributed by atoms with E-state index in [1.807, 2.05) is 6.07 Å². The molecule has 0 spiro atoms. The van der Waals surface area contributed by atoms with Gasteiger partial charge in [0, 0.05) is 16.1 Å². The van der Waals surface area contributed by atoms with Gasteiger partial charge >= 0.3 is 0 Å². The van der Waals surface area contributed by atoms with Gasteiger partial charge in [0.15, 0.2) is 5.65 Å². The van der Waals surface area contributed by atoms with Crippen LogP contribution in [0.2, 0.25) is 0 Å². The highest BCUT2D eigenvalue weighted by molar-refractivity contribution is 9.10. The van der Waals surface area contributed by atoms with Crippen LogP contribution in [0, 0.1) is 0 Å². The Morgan fingerprint density at radius 3 is 2.87 bits per heavy atom. The second-order valence-corrected chi connectivity index (χ2v) is 5.10. The molecule has 15 heavy (non-hydrogen) atoms. The lowest BCUT2D eigenvalue weighted by atomic mass is 10.1. The van der Waals surface area contributed by atoms with Gasteiger partial charge in [-0.3, -0.25) is 0 Å². The largest absolute Gasteiger partial charge is 0.389 e. The molecular weight excluding hydrogens is 258 g/mol. The van der Waals surface area contributed by atoms with E-state index in [9.17, 15) is 5.11 Å². The van der Waals surface area contributed by atoms with Crippen molar-refractivity contribution in [3.63, 3.8) is 0 Å². The number of halogens is 1. The minimum absolute atomic E-state index is 0.436. The molecule has 0 aliphatic rings. The lowest BCUT2D eigenvalue weighted by molar-refractivity contribution is 0.0589. The van der Waals surface area contributed by atoms with Gasteiger partial charge in [0.05, 0.1) is 18.3 Å². The van der Waals surface area contributed by atoms with Crippen molar-refractivity contribution in [3.05, 3.63) is 22.9 Å². The van der Waals surface area contributed by atoms with E-state index in [0.717, 1.165) is 15.5 Å². The minimum Gasteiger partial charge on any atom is -0.389 e. The van der Waals surface area contributed by atoms with E-state index < -0.39 is 5.60 Å². The topological polar surface area (TPSA) is 50.9 Å². The molecule has 0 aromatic carbocycles.